The van der Waals surface area contributed by atoms with E-state index in [2.05, 4.69) is 11.7 Å². The van der Waals surface area contributed by atoms with Crippen LogP contribution in [0, 0.1) is 23.4 Å². The molecule has 0 spiro atoms. The van der Waals surface area contributed by atoms with E-state index in [1.165, 1.54) is 43.5 Å². The summed E-state index contributed by atoms with van der Waals surface area (Å²) in [6.07, 6.45) is 2.83. The maximum absolute atomic E-state index is 15.0. The lowest BCUT2D eigenvalue weighted by Crippen LogP contribution is -2.19. The van der Waals surface area contributed by atoms with Crippen molar-refractivity contribution in [1.29, 1.82) is 0 Å². The average Bonchev–Trinajstić information content (AvgIpc) is 2.80. The molecule has 0 radical (unpaired) electrons. The molecular formula is C27H26F6O. The average molecular weight is 480 g/mol. The lowest BCUT2D eigenvalue weighted by atomic mass is 9.77. The second-order valence-corrected chi connectivity index (χ2v) is 9.08. The Kier molecular flexibility index (Phi) is 7.10. The largest absolute Gasteiger partial charge is 0.573 e. The van der Waals surface area contributed by atoms with Crippen LogP contribution in [0.15, 0.2) is 42.5 Å². The van der Waals surface area contributed by atoms with Crippen molar-refractivity contribution >= 4 is 10.8 Å². The van der Waals surface area contributed by atoms with E-state index in [0.29, 0.717) is 11.5 Å². The molecule has 1 fully saturated rings. The van der Waals surface area contributed by atoms with Gasteiger partial charge in [-0.3, -0.25) is 0 Å². The minimum Gasteiger partial charge on any atom is -0.399 e. The summed E-state index contributed by atoms with van der Waals surface area (Å²) in [6, 6.07) is 9.79. The highest BCUT2D eigenvalue weighted by Crippen LogP contribution is 2.40. The number of hydrogen-bond donors (Lipinski definition) is 0. The summed E-state index contributed by atoms with van der Waals surface area (Å²) in [5.74, 6) is -3.82. The molecule has 0 saturated heterocycles. The van der Waals surface area contributed by atoms with Gasteiger partial charge in [0.25, 0.3) is 0 Å². The van der Waals surface area contributed by atoms with Crippen molar-refractivity contribution in [2.75, 3.05) is 0 Å². The molecule has 0 atom stereocenters. The summed E-state index contributed by atoms with van der Waals surface area (Å²) in [6.45, 7) is 2.19. The number of ether oxygens (including phenoxy) is 1. The van der Waals surface area contributed by atoms with E-state index in [-0.39, 0.29) is 16.3 Å². The van der Waals surface area contributed by atoms with Gasteiger partial charge >= 0.3 is 6.36 Å². The minimum absolute atomic E-state index is 0.0101. The molecule has 3 aromatic rings. The van der Waals surface area contributed by atoms with E-state index in [1.807, 2.05) is 6.07 Å². The summed E-state index contributed by atoms with van der Waals surface area (Å²) in [5, 5.41) is -0.239. The van der Waals surface area contributed by atoms with Gasteiger partial charge in [0, 0.05) is 10.9 Å². The van der Waals surface area contributed by atoms with E-state index >= 15 is 4.39 Å². The Morgan fingerprint density at radius 2 is 1.62 bits per heavy atom. The number of fused-ring (bicyclic) bond motifs is 1. The van der Waals surface area contributed by atoms with Gasteiger partial charge in [-0.15, -0.1) is 13.2 Å². The molecule has 1 saturated carbocycles. The van der Waals surface area contributed by atoms with E-state index in [9.17, 15) is 22.0 Å². The Morgan fingerprint density at radius 1 is 0.882 bits per heavy atom. The quantitative estimate of drug-likeness (QED) is 0.320. The molecule has 0 heterocycles. The Balaban J connectivity index is 1.57. The Bertz CT molecular complexity index is 1160. The lowest BCUT2D eigenvalue weighted by molar-refractivity contribution is -0.276. The van der Waals surface area contributed by atoms with Crippen molar-refractivity contribution in [2.24, 2.45) is 5.92 Å². The number of unbranched alkanes of at least 4 members (excludes halogenated alkanes) is 1. The molecule has 0 aromatic heterocycles. The zero-order valence-corrected chi connectivity index (χ0v) is 18.8. The SMILES string of the molecule is CCCC[C@H]1CC[C@H](c2ccc(-c3ccc4c(F)c(OC(F)(F)F)c(F)cc4c3)c(F)c2)CC1. The van der Waals surface area contributed by atoms with Crippen molar-refractivity contribution in [1.82, 2.24) is 0 Å². The Labute approximate surface area is 194 Å². The zero-order valence-electron chi connectivity index (χ0n) is 18.8. The standard InChI is InChI=1S/C27H26F6O/c1-2-3-4-16-5-7-17(8-6-16)18-9-11-21(23(28)14-18)19-10-12-22-20(13-19)15-24(29)26(25(22)30)34-27(31,32)33/h9-17H,2-8H2,1H3/t16-,17-. The van der Waals surface area contributed by atoms with Gasteiger partial charge in [0.05, 0.1) is 0 Å². The second-order valence-electron chi connectivity index (χ2n) is 9.08. The molecule has 34 heavy (non-hydrogen) atoms. The molecule has 1 aliphatic rings. The van der Waals surface area contributed by atoms with Crippen LogP contribution in [0.4, 0.5) is 26.3 Å². The molecule has 7 heteroatoms. The second kappa shape index (κ2) is 9.88. The van der Waals surface area contributed by atoms with Crippen molar-refractivity contribution < 1.29 is 31.1 Å². The van der Waals surface area contributed by atoms with Crippen molar-refractivity contribution in [2.45, 2.75) is 64.1 Å². The number of benzene rings is 3. The fraction of sp³-hybridized carbons (Fsp3) is 0.407. The maximum Gasteiger partial charge on any atom is 0.573 e. The highest BCUT2D eigenvalue weighted by molar-refractivity contribution is 5.89. The van der Waals surface area contributed by atoms with Crippen LogP contribution in [0.2, 0.25) is 0 Å². The first kappa shape index (κ1) is 24.4. The van der Waals surface area contributed by atoms with Gasteiger partial charge in [0.1, 0.15) is 5.82 Å². The molecule has 0 aliphatic heterocycles. The molecule has 0 bridgehead atoms. The van der Waals surface area contributed by atoms with Gasteiger partial charge in [0.2, 0.25) is 5.75 Å². The highest BCUT2D eigenvalue weighted by atomic mass is 19.4. The first-order valence-electron chi connectivity index (χ1n) is 11.6. The maximum atomic E-state index is 15.0. The van der Waals surface area contributed by atoms with Crippen LogP contribution in [0.3, 0.4) is 0 Å². The minimum atomic E-state index is -5.23. The van der Waals surface area contributed by atoms with Crippen molar-refractivity contribution in [3.05, 3.63) is 65.5 Å². The molecular weight excluding hydrogens is 454 g/mol. The summed E-state index contributed by atoms with van der Waals surface area (Å²) < 4.78 is 84.6. The molecule has 1 nitrogen and oxygen atoms in total. The van der Waals surface area contributed by atoms with Gasteiger partial charge in [-0.25, -0.2) is 13.2 Å². The Hall–Kier alpha value is -2.70. The zero-order chi connectivity index (χ0) is 24.5. The molecule has 182 valence electrons. The number of halogens is 6. The summed E-state index contributed by atoms with van der Waals surface area (Å²) in [4.78, 5) is 0. The monoisotopic (exact) mass is 480 g/mol. The predicted octanol–water partition coefficient (Wildman–Crippen LogP) is 9.29. The Morgan fingerprint density at radius 3 is 2.26 bits per heavy atom. The molecule has 3 aromatic carbocycles. The van der Waals surface area contributed by atoms with Gasteiger partial charge in [0.15, 0.2) is 11.6 Å². The molecule has 1 aliphatic carbocycles. The lowest BCUT2D eigenvalue weighted by Gasteiger charge is -2.29. The third-order valence-electron chi connectivity index (χ3n) is 6.79. The smallest absolute Gasteiger partial charge is 0.399 e. The summed E-state index contributed by atoms with van der Waals surface area (Å²) in [7, 11) is 0. The van der Waals surface area contributed by atoms with Crippen molar-refractivity contribution in [3.8, 4) is 16.9 Å². The van der Waals surface area contributed by atoms with Gasteiger partial charge < -0.3 is 4.74 Å². The summed E-state index contributed by atoms with van der Waals surface area (Å²) in [5.41, 5.74) is 1.59. The first-order chi connectivity index (χ1) is 16.2. The van der Waals surface area contributed by atoms with Crippen molar-refractivity contribution in [3.63, 3.8) is 0 Å². The van der Waals surface area contributed by atoms with Crippen LogP contribution in [-0.2, 0) is 0 Å². The number of alkyl halides is 3. The van der Waals surface area contributed by atoms with Crippen LogP contribution >= 0.6 is 0 Å². The van der Waals surface area contributed by atoms with Gasteiger partial charge in [-0.2, -0.15) is 0 Å². The van der Waals surface area contributed by atoms with E-state index in [4.69, 9.17) is 0 Å². The van der Waals surface area contributed by atoms with Gasteiger partial charge in [-0.05, 0) is 72.2 Å². The first-order valence-corrected chi connectivity index (χ1v) is 11.6. The van der Waals surface area contributed by atoms with Crippen LogP contribution in [0.1, 0.15) is 63.4 Å². The van der Waals surface area contributed by atoms with Gasteiger partial charge in [-0.1, -0.05) is 50.5 Å². The third-order valence-corrected chi connectivity index (χ3v) is 6.79. The van der Waals surface area contributed by atoms with Crippen LogP contribution in [0.5, 0.6) is 5.75 Å². The van der Waals surface area contributed by atoms with Crippen LogP contribution in [0.25, 0.3) is 21.9 Å². The van der Waals surface area contributed by atoms with Crippen LogP contribution < -0.4 is 4.74 Å². The topological polar surface area (TPSA) is 9.23 Å². The molecule has 0 amide bonds. The third kappa shape index (κ3) is 5.34. The van der Waals surface area contributed by atoms with E-state index in [0.717, 1.165) is 43.2 Å². The fourth-order valence-electron chi connectivity index (χ4n) is 4.98. The van der Waals surface area contributed by atoms with E-state index < -0.39 is 29.6 Å². The molecule has 0 unspecified atom stereocenters. The predicted molar refractivity (Wildman–Crippen MR) is 120 cm³/mol. The molecule has 4 rings (SSSR count). The molecule has 0 N–H and O–H groups in total. The fourth-order valence-corrected chi connectivity index (χ4v) is 4.98. The highest BCUT2D eigenvalue weighted by Gasteiger charge is 2.34. The summed E-state index contributed by atoms with van der Waals surface area (Å²) >= 11 is 0. The van der Waals surface area contributed by atoms with Crippen LogP contribution in [-0.4, -0.2) is 6.36 Å². The van der Waals surface area contributed by atoms with E-state index in [1.54, 1.807) is 6.07 Å². The number of hydrogen-bond acceptors (Lipinski definition) is 1. The normalized spacial score (nSPS) is 18.9. The number of rotatable bonds is 6.